The van der Waals surface area contributed by atoms with E-state index in [2.05, 4.69) is 15.0 Å². The second-order valence-corrected chi connectivity index (χ2v) is 6.90. The number of ether oxygens (including phenoxy) is 1. The van der Waals surface area contributed by atoms with Crippen molar-refractivity contribution in [1.82, 2.24) is 9.72 Å². The number of amides is 1. The lowest BCUT2D eigenvalue weighted by Crippen LogP contribution is -2.25. The van der Waals surface area contributed by atoms with Crippen LogP contribution in [0, 0.1) is 0 Å². The maximum Gasteiger partial charge on any atom is 0.442 e. The van der Waals surface area contributed by atoms with Crippen molar-refractivity contribution >= 4 is 28.9 Å². The van der Waals surface area contributed by atoms with Crippen LogP contribution >= 0.6 is 11.3 Å². The smallest absolute Gasteiger partial charge is 0.442 e. The number of hydrogen-bond acceptors (Lipinski definition) is 7. The molecule has 0 aliphatic heterocycles. The minimum absolute atomic E-state index is 0.240. The Morgan fingerprint density at radius 1 is 1.25 bits per heavy atom. The zero-order valence-electron chi connectivity index (χ0n) is 15.2. The number of thiophene rings is 1. The Labute approximate surface area is 164 Å². The average molecular weight is 401 g/mol. The van der Waals surface area contributed by atoms with E-state index in [1.807, 2.05) is 18.4 Å². The molecule has 1 aromatic carbocycles. The molecule has 1 amide bonds. The second kappa shape index (κ2) is 9.14. The van der Waals surface area contributed by atoms with Gasteiger partial charge in [0.1, 0.15) is 6.54 Å². The highest BCUT2D eigenvalue weighted by molar-refractivity contribution is 7.13. The summed E-state index contributed by atoms with van der Waals surface area (Å²) in [5.74, 6) is -1.21. The summed E-state index contributed by atoms with van der Waals surface area (Å²) in [6, 6.07) is 9.96. The summed E-state index contributed by atoms with van der Waals surface area (Å²) in [5.41, 5.74) is 0.904. The van der Waals surface area contributed by atoms with Crippen LogP contribution in [0.25, 0.3) is 10.7 Å². The van der Waals surface area contributed by atoms with E-state index in [0.29, 0.717) is 23.7 Å². The molecule has 0 radical (unpaired) electrons. The van der Waals surface area contributed by atoms with Crippen molar-refractivity contribution in [2.75, 3.05) is 11.9 Å². The van der Waals surface area contributed by atoms with E-state index in [1.165, 1.54) is 15.9 Å². The zero-order chi connectivity index (χ0) is 19.9. The SMILES string of the molecule is CCCCOC(=O)c1ccc(NC(=O)Cn2c(-c3cccs3)noc2=O)cc1. The Balaban J connectivity index is 1.62. The van der Waals surface area contributed by atoms with Crippen molar-refractivity contribution < 1.29 is 18.8 Å². The van der Waals surface area contributed by atoms with Crippen LogP contribution in [0.4, 0.5) is 5.69 Å². The number of nitrogens with one attached hydrogen (secondary N) is 1. The molecule has 2 aromatic heterocycles. The molecule has 0 saturated carbocycles. The molecule has 0 atom stereocenters. The largest absolute Gasteiger partial charge is 0.462 e. The van der Waals surface area contributed by atoms with Gasteiger partial charge in [-0.1, -0.05) is 24.6 Å². The van der Waals surface area contributed by atoms with Crippen molar-refractivity contribution in [3.8, 4) is 10.7 Å². The molecule has 146 valence electrons. The van der Waals surface area contributed by atoms with Gasteiger partial charge in [0, 0.05) is 5.69 Å². The number of esters is 1. The Hall–Kier alpha value is -3.20. The lowest BCUT2D eigenvalue weighted by atomic mass is 10.2. The van der Waals surface area contributed by atoms with E-state index in [-0.39, 0.29) is 6.54 Å². The van der Waals surface area contributed by atoms with Gasteiger partial charge in [0.05, 0.1) is 17.0 Å². The lowest BCUT2D eigenvalue weighted by molar-refractivity contribution is -0.116. The fourth-order valence-electron chi connectivity index (χ4n) is 2.42. The van der Waals surface area contributed by atoms with Gasteiger partial charge in [-0.15, -0.1) is 11.3 Å². The molecule has 2 heterocycles. The maximum absolute atomic E-state index is 12.3. The summed E-state index contributed by atoms with van der Waals surface area (Å²) >= 11 is 1.39. The highest BCUT2D eigenvalue weighted by Crippen LogP contribution is 2.21. The van der Waals surface area contributed by atoms with Crippen LogP contribution in [0.1, 0.15) is 30.1 Å². The van der Waals surface area contributed by atoms with E-state index in [4.69, 9.17) is 4.74 Å². The summed E-state index contributed by atoms with van der Waals surface area (Å²) in [6.45, 7) is 2.16. The Kier molecular flexibility index (Phi) is 6.38. The topological polar surface area (TPSA) is 103 Å². The molecule has 9 heteroatoms. The molecule has 0 bridgehead atoms. The van der Waals surface area contributed by atoms with Gasteiger partial charge in [0.25, 0.3) is 0 Å². The normalized spacial score (nSPS) is 10.6. The van der Waals surface area contributed by atoms with Crippen molar-refractivity contribution in [1.29, 1.82) is 0 Å². The van der Waals surface area contributed by atoms with Crippen LogP contribution in [0.15, 0.2) is 51.1 Å². The number of rotatable bonds is 8. The van der Waals surface area contributed by atoms with Gasteiger partial charge in [-0.25, -0.2) is 14.2 Å². The molecule has 8 nitrogen and oxygen atoms in total. The second-order valence-electron chi connectivity index (χ2n) is 5.95. The first-order valence-electron chi connectivity index (χ1n) is 8.76. The van der Waals surface area contributed by atoms with Crippen molar-refractivity contribution in [2.45, 2.75) is 26.3 Å². The third-order valence-corrected chi connectivity index (χ3v) is 4.73. The van der Waals surface area contributed by atoms with Crippen molar-refractivity contribution in [3.63, 3.8) is 0 Å². The van der Waals surface area contributed by atoms with E-state index in [1.54, 1.807) is 30.3 Å². The molecular formula is C19H19N3O5S. The van der Waals surface area contributed by atoms with Gasteiger partial charge in [0.2, 0.25) is 5.91 Å². The summed E-state index contributed by atoms with van der Waals surface area (Å²) in [4.78, 5) is 36.8. The number of carbonyl (C=O) groups is 2. The fraction of sp³-hybridized carbons (Fsp3) is 0.263. The molecule has 3 rings (SSSR count). The number of carbonyl (C=O) groups excluding carboxylic acids is 2. The number of aromatic nitrogens is 2. The Bertz CT molecular complexity index is 990. The molecule has 0 saturated heterocycles. The molecule has 28 heavy (non-hydrogen) atoms. The van der Waals surface area contributed by atoms with Gasteiger partial charge in [-0.3, -0.25) is 9.32 Å². The minimum atomic E-state index is -0.705. The Morgan fingerprint density at radius 3 is 2.71 bits per heavy atom. The first-order chi connectivity index (χ1) is 13.6. The van der Waals surface area contributed by atoms with Gasteiger partial charge in [-0.2, -0.15) is 0 Å². The van der Waals surface area contributed by atoms with Gasteiger partial charge >= 0.3 is 11.7 Å². The van der Waals surface area contributed by atoms with E-state index in [0.717, 1.165) is 17.7 Å². The summed E-state index contributed by atoms with van der Waals surface area (Å²) in [6.07, 6.45) is 1.76. The molecule has 0 spiro atoms. The van der Waals surface area contributed by atoms with Crippen LogP contribution in [0.3, 0.4) is 0 Å². The van der Waals surface area contributed by atoms with Crippen molar-refractivity contribution in [2.24, 2.45) is 0 Å². The van der Waals surface area contributed by atoms with Gasteiger partial charge < -0.3 is 10.1 Å². The highest BCUT2D eigenvalue weighted by Gasteiger charge is 2.17. The standard InChI is InChI=1S/C19H19N3O5S/c1-2-3-10-26-18(24)13-6-8-14(9-7-13)20-16(23)12-22-17(21-27-19(22)25)15-5-4-11-28-15/h4-9,11H,2-3,10,12H2,1H3,(H,20,23). The fourth-order valence-corrected chi connectivity index (χ4v) is 3.13. The average Bonchev–Trinajstić information content (AvgIpc) is 3.33. The van der Waals surface area contributed by atoms with Crippen molar-refractivity contribution in [3.05, 3.63) is 57.9 Å². The number of nitrogens with zero attached hydrogens (tertiary/aromatic N) is 2. The maximum atomic E-state index is 12.3. The molecule has 1 N–H and O–H groups in total. The number of benzene rings is 1. The molecular weight excluding hydrogens is 382 g/mol. The molecule has 0 aliphatic carbocycles. The first kappa shape index (κ1) is 19.6. The quantitative estimate of drug-likeness (QED) is 0.459. The zero-order valence-corrected chi connectivity index (χ0v) is 16.0. The number of unbranched alkanes of at least 4 members (excludes halogenated alkanes) is 1. The van der Waals surface area contributed by atoms with Gasteiger partial charge in [-0.05, 0) is 42.1 Å². The Morgan fingerprint density at radius 2 is 2.04 bits per heavy atom. The van der Waals surface area contributed by atoms with E-state index < -0.39 is 17.6 Å². The van der Waals surface area contributed by atoms with Crippen LogP contribution in [0.5, 0.6) is 0 Å². The lowest BCUT2D eigenvalue weighted by Gasteiger charge is -2.08. The third kappa shape index (κ3) is 4.74. The predicted octanol–water partition coefficient (Wildman–Crippen LogP) is 3.16. The number of hydrogen-bond donors (Lipinski definition) is 1. The van der Waals surface area contributed by atoms with E-state index >= 15 is 0 Å². The summed E-state index contributed by atoms with van der Waals surface area (Å²) in [7, 11) is 0. The first-order valence-corrected chi connectivity index (χ1v) is 9.64. The third-order valence-electron chi connectivity index (χ3n) is 3.86. The molecule has 0 fully saturated rings. The monoisotopic (exact) mass is 401 g/mol. The minimum Gasteiger partial charge on any atom is -0.462 e. The molecule has 3 aromatic rings. The molecule has 0 aliphatic rings. The number of anilines is 1. The van der Waals surface area contributed by atoms with Crippen LogP contribution in [-0.2, 0) is 16.1 Å². The van der Waals surface area contributed by atoms with Crippen LogP contribution in [0.2, 0.25) is 0 Å². The summed E-state index contributed by atoms with van der Waals surface area (Å²) in [5, 5.41) is 8.26. The molecule has 0 unspecified atom stereocenters. The summed E-state index contributed by atoms with van der Waals surface area (Å²) < 4.78 is 11.0. The van der Waals surface area contributed by atoms with Crippen LogP contribution < -0.4 is 11.1 Å². The van der Waals surface area contributed by atoms with Crippen LogP contribution in [-0.4, -0.2) is 28.2 Å². The highest BCUT2D eigenvalue weighted by atomic mass is 32.1. The predicted molar refractivity (Wildman–Crippen MR) is 104 cm³/mol. The van der Waals surface area contributed by atoms with Gasteiger partial charge in [0.15, 0.2) is 5.82 Å². The van der Waals surface area contributed by atoms with E-state index in [9.17, 15) is 14.4 Å².